The average molecular weight is 317 g/mol. The smallest absolute Gasteiger partial charge is 0.326 e. The number of H-pyrrole nitrogens is 1. The number of nitrogens with one attached hydrogen (secondary N) is 1. The zero-order valence-electron chi connectivity index (χ0n) is 13.1. The van der Waals surface area contributed by atoms with Crippen LogP contribution in [-0.4, -0.2) is 47.7 Å². The molecule has 2 N–H and O–H groups in total. The van der Waals surface area contributed by atoms with Gasteiger partial charge < -0.3 is 15.0 Å². The number of fused-ring (bicyclic) bond motifs is 1. The molecule has 3 rings (SSSR count). The second-order valence-electron chi connectivity index (χ2n) is 5.71. The Balaban J connectivity index is 1.92. The van der Waals surface area contributed by atoms with Gasteiger partial charge in [0.15, 0.2) is 0 Å². The largest absolute Gasteiger partial charge is 0.480 e. The highest BCUT2D eigenvalue weighted by Gasteiger charge is 2.37. The van der Waals surface area contributed by atoms with Crippen molar-refractivity contribution in [1.29, 1.82) is 0 Å². The molecule has 1 aliphatic rings. The summed E-state index contributed by atoms with van der Waals surface area (Å²) in [5, 5.41) is 13.8. The number of imidazole rings is 1. The Labute approximate surface area is 133 Å². The Hall–Kier alpha value is -2.64. The van der Waals surface area contributed by atoms with Crippen LogP contribution in [0.15, 0.2) is 12.5 Å². The van der Waals surface area contributed by atoms with Gasteiger partial charge in [-0.25, -0.2) is 9.78 Å². The number of aliphatic carboxylic acids is 1. The summed E-state index contributed by atoms with van der Waals surface area (Å²) in [7, 11) is 0. The lowest BCUT2D eigenvalue weighted by Gasteiger charge is -2.32. The van der Waals surface area contributed by atoms with Crippen LogP contribution in [0.3, 0.4) is 0 Å². The quantitative estimate of drug-likeness (QED) is 0.874. The number of carboxylic acids is 1. The summed E-state index contributed by atoms with van der Waals surface area (Å²) in [5.74, 6) is -1.33. The number of aromatic nitrogens is 4. The number of carbonyl (C=O) groups is 2. The van der Waals surface area contributed by atoms with E-state index in [4.69, 9.17) is 0 Å². The van der Waals surface area contributed by atoms with Crippen LogP contribution in [-0.2, 0) is 24.3 Å². The third kappa shape index (κ3) is 2.71. The van der Waals surface area contributed by atoms with Crippen molar-refractivity contribution in [3.05, 3.63) is 35.2 Å². The van der Waals surface area contributed by atoms with Crippen molar-refractivity contribution < 1.29 is 14.7 Å². The van der Waals surface area contributed by atoms with Crippen molar-refractivity contribution in [2.75, 3.05) is 0 Å². The van der Waals surface area contributed by atoms with Crippen molar-refractivity contribution >= 4 is 11.9 Å². The van der Waals surface area contributed by atoms with Gasteiger partial charge in [-0.1, -0.05) is 6.92 Å². The van der Waals surface area contributed by atoms with Crippen molar-refractivity contribution in [3.63, 3.8) is 0 Å². The molecule has 0 bridgehead atoms. The van der Waals surface area contributed by atoms with E-state index < -0.39 is 12.0 Å². The monoisotopic (exact) mass is 317 g/mol. The van der Waals surface area contributed by atoms with Crippen molar-refractivity contribution in [1.82, 2.24) is 24.6 Å². The van der Waals surface area contributed by atoms with Crippen LogP contribution in [0.1, 0.15) is 40.8 Å². The Morgan fingerprint density at radius 1 is 1.48 bits per heavy atom. The zero-order valence-corrected chi connectivity index (χ0v) is 13.1. The van der Waals surface area contributed by atoms with Gasteiger partial charge in [0.2, 0.25) is 0 Å². The minimum absolute atomic E-state index is 0.210. The molecular weight excluding hydrogens is 298 g/mol. The van der Waals surface area contributed by atoms with E-state index >= 15 is 0 Å². The molecule has 1 aliphatic heterocycles. The number of carboxylic acid groups (broad SMARTS) is 1. The molecule has 0 saturated carbocycles. The average Bonchev–Trinajstić information content (AvgIpc) is 3.11. The second-order valence-corrected chi connectivity index (χ2v) is 5.71. The van der Waals surface area contributed by atoms with Crippen LogP contribution >= 0.6 is 0 Å². The number of carbonyl (C=O) groups excluding carboxylic acids is 1. The van der Waals surface area contributed by atoms with Gasteiger partial charge in [0.05, 0.1) is 35.5 Å². The maximum absolute atomic E-state index is 12.9. The van der Waals surface area contributed by atoms with Crippen LogP contribution in [0, 0.1) is 6.92 Å². The Kier molecular flexibility index (Phi) is 3.89. The number of nitrogens with zero attached hydrogens (tertiary/aromatic N) is 4. The van der Waals surface area contributed by atoms with Gasteiger partial charge >= 0.3 is 5.97 Å². The van der Waals surface area contributed by atoms with Gasteiger partial charge in [0, 0.05) is 19.2 Å². The van der Waals surface area contributed by atoms with Crippen molar-refractivity contribution in [2.45, 2.75) is 45.8 Å². The van der Waals surface area contributed by atoms with Gasteiger partial charge in [0.25, 0.3) is 5.91 Å². The Bertz CT molecular complexity index is 748. The Morgan fingerprint density at radius 2 is 2.26 bits per heavy atom. The molecule has 8 heteroatoms. The molecule has 122 valence electrons. The molecule has 1 amide bonds. The molecule has 2 aromatic heterocycles. The van der Waals surface area contributed by atoms with E-state index in [-0.39, 0.29) is 18.9 Å². The Morgan fingerprint density at radius 3 is 2.96 bits per heavy atom. The van der Waals surface area contributed by atoms with E-state index in [1.807, 2.05) is 6.92 Å². The summed E-state index contributed by atoms with van der Waals surface area (Å²) in [6, 6.07) is -0.910. The first-order chi connectivity index (χ1) is 11.0. The third-order valence-corrected chi connectivity index (χ3v) is 4.07. The fourth-order valence-electron chi connectivity index (χ4n) is 2.90. The molecule has 1 atom stereocenters. The number of hydrogen-bond donors (Lipinski definition) is 2. The van der Waals surface area contributed by atoms with E-state index in [2.05, 4.69) is 15.1 Å². The minimum atomic E-state index is -1.02. The highest BCUT2D eigenvalue weighted by atomic mass is 16.4. The number of aryl methyl sites for hydroxylation is 2. The standard InChI is InChI=1S/C15H19N5O3/c1-3-4-19-6-10(9(2)18-19)14(21)20-7-12-11(16-8-17-12)5-13(20)15(22)23/h6,8,13H,3-5,7H2,1-2H3,(H,16,17)(H,22,23)/t13-/m1/s1. The molecule has 3 heterocycles. The van der Waals surface area contributed by atoms with Gasteiger partial charge in [-0.05, 0) is 13.3 Å². The predicted molar refractivity (Wildman–Crippen MR) is 80.8 cm³/mol. The van der Waals surface area contributed by atoms with Crippen LogP contribution in [0.25, 0.3) is 0 Å². The normalized spacial score (nSPS) is 17.1. The zero-order chi connectivity index (χ0) is 16.6. The lowest BCUT2D eigenvalue weighted by atomic mass is 10.0. The first kappa shape index (κ1) is 15.3. The first-order valence-corrected chi connectivity index (χ1v) is 7.60. The molecule has 0 fully saturated rings. The highest BCUT2D eigenvalue weighted by Crippen LogP contribution is 2.23. The van der Waals surface area contributed by atoms with E-state index in [9.17, 15) is 14.7 Å². The number of hydrogen-bond acceptors (Lipinski definition) is 4. The summed E-state index contributed by atoms with van der Waals surface area (Å²) < 4.78 is 1.73. The first-order valence-electron chi connectivity index (χ1n) is 7.60. The number of amides is 1. The molecular formula is C15H19N5O3. The third-order valence-electron chi connectivity index (χ3n) is 4.07. The van der Waals surface area contributed by atoms with Gasteiger partial charge in [-0.2, -0.15) is 5.10 Å². The van der Waals surface area contributed by atoms with E-state index in [0.717, 1.165) is 18.7 Å². The summed E-state index contributed by atoms with van der Waals surface area (Å²) in [6.45, 7) is 4.73. The molecule has 0 aliphatic carbocycles. The summed E-state index contributed by atoms with van der Waals surface area (Å²) in [5.41, 5.74) is 2.56. The lowest BCUT2D eigenvalue weighted by Crippen LogP contribution is -2.48. The summed E-state index contributed by atoms with van der Waals surface area (Å²) in [4.78, 5) is 32.9. The summed E-state index contributed by atoms with van der Waals surface area (Å²) >= 11 is 0. The van der Waals surface area contributed by atoms with Crippen LogP contribution in [0.2, 0.25) is 0 Å². The van der Waals surface area contributed by atoms with E-state index in [0.29, 0.717) is 17.0 Å². The van der Waals surface area contributed by atoms with Gasteiger partial charge in [-0.15, -0.1) is 0 Å². The minimum Gasteiger partial charge on any atom is -0.480 e. The van der Waals surface area contributed by atoms with Crippen LogP contribution in [0.4, 0.5) is 0 Å². The topological polar surface area (TPSA) is 104 Å². The maximum Gasteiger partial charge on any atom is 0.326 e. The number of aromatic amines is 1. The van der Waals surface area contributed by atoms with Gasteiger partial charge in [0.1, 0.15) is 6.04 Å². The van der Waals surface area contributed by atoms with Crippen LogP contribution in [0.5, 0.6) is 0 Å². The molecule has 0 aromatic carbocycles. The van der Waals surface area contributed by atoms with E-state index in [1.165, 1.54) is 11.2 Å². The molecule has 0 unspecified atom stereocenters. The molecule has 8 nitrogen and oxygen atoms in total. The fraction of sp³-hybridized carbons (Fsp3) is 0.467. The van der Waals surface area contributed by atoms with Gasteiger partial charge in [-0.3, -0.25) is 9.48 Å². The SMILES string of the molecule is CCCn1cc(C(=O)N2Cc3[nH]cnc3C[C@@H]2C(=O)O)c(C)n1. The van der Waals surface area contributed by atoms with Crippen LogP contribution < -0.4 is 0 Å². The molecule has 0 radical (unpaired) electrons. The lowest BCUT2D eigenvalue weighted by molar-refractivity contribution is -0.142. The molecule has 0 saturated heterocycles. The maximum atomic E-state index is 12.9. The summed E-state index contributed by atoms with van der Waals surface area (Å²) in [6.07, 6.45) is 4.35. The fourth-order valence-corrected chi connectivity index (χ4v) is 2.90. The molecule has 23 heavy (non-hydrogen) atoms. The predicted octanol–water partition coefficient (Wildman–Crippen LogP) is 0.976. The highest BCUT2D eigenvalue weighted by molar-refractivity contribution is 5.97. The molecule has 0 spiro atoms. The number of rotatable bonds is 4. The second kappa shape index (κ2) is 5.86. The van der Waals surface area contributed by atoms with Crippen molar-refractivity contribution in [2.24, 2.45) is 0 Å². The van der Waals surface area contributed by atoms with Crippen molar-refractivity contribution in [3.8, 4) is 0 Å². The van der Waals surface area contributed by atoms with E-state index in [1.54, 1.807) is 17.8 Å². The molecule has 2 aromatic rings.